The number of carbonyl (C=O) groups excluding carboxylic acids is 1. The molecule has 0 saturated carbocycles. The molecule has 1 amide bonds. The highest BCUT2D eigenvalue weighted by molar-refractivity contribution is 5.77. The zero-order chi connectivity index (χ0) is 14.4. The van der Waals surface area contributed by atoms with Crippen LogP contribution in [0, 0.1) is 5.92 Å². The summed E-state index contributed by atoms with van der Waals surface area (Å²) in [6, 6.07) is 10.8. The zero-order valence-corrected chi connectivity index (χ0v) is 12.6. The van der Waals surface area contributed by atoms with Gasteiger partial charge in [-0.05, 0) is 30.9 Å². The first-order chi connectivity index (χ1) is 9.66. The minimum absolute atomic E-state index is 0.0772. The van der Waals surface area contributed by atoms with Gasteiger partial charge in [-0.15, -0.1) is 0 Å². The number of nitrogens with one attached hydrogen (secondary N) is 1. The Hall–Kier alpha value is -1.35. The Kier molecular flexibility index (Phi) is 5.60. The van der Waals surface area contributed by atoms with Crippen LogP contribution < -0.4 is 5.32 Å². The Morgan fingerprint density at radius 1 is 1.35 bits per heavy atom. The number of hydrogen-bond donors (Lipinski definition) is 1. The third-order valence-corrected chi connectivity index (χ3v) is 4.03. The van der Waals surface area contributed by atoms with Gasteiger partial charge in [0.25, 0.3) is 0 Å². The van der Waals surface area contributed by atoms with Crippen LogP contribution in [0.3, 0.4) is 0 Å². The number of hydrogen-bond acceptors (Lipinski definition) is 2. The highest BCUT2D eigenvalue weighted by Gasteiger charge is 2.20. The van der Waals surface area contributed by atoms with E-state index < -0.39 is 0 Å². The van der Waals surface area contributed by atoms with Gasteiger partial charge < -0.3 is 10.2 Å². The van der Waals surface area contributed by atoms with Crippen molar-refractivity contribution in [3.8, 4) is 0 Å². The Morgan fingerprint density at radius 2 is 2.10 bits per heavy atom. The zero-order valence-electron chi connectivity index (χ0n) is 12.6. The molecule has 110 valence electrons. The van der Waals surface area contributed by atoms with E-state index in [0.717, 1.165) is 26.2 Å². The van der Waals surface area contributed by atoms with E-state index in [4.69, 9.17) is 0 Å². The van der Waals surface area contributed by atoms with E-state index in [0.29, 0.717) is 5.92 Å². The van der Waals surface area contributed by atoms with Gasteiger partial charge in [-0.25, -0.2) is 0 Å². The smallest absolute Gasteiger partial charge is 0.222 e. The maximum atomic E-state index is 11.5. The topological polar surface area (TPSA) is 32.3 Å². The monoisotopic (exact) mass is 274 g/mol. The van der Waals surface area contributed by atoms with Gasteiger partial charge in [-0.2, -0.15) is 0 Å². The molecule has 0 aliphatic carbocycles. The maximum absolute atomic E-state index is 11.5. The molecule has 1 fully saturated rings. The highest BCUT2D eigenvalue weighted by Crippen LogP contribution is 2.26. The quantitative estimate of drug-likeness (QED) is 0.895. The van der Waals surface area contributed by atoms with Crippen molar-refractivity contribution in [1.29, 1.82) is 0 Å². The van der Waals surface area contributed by atoms with Gasteiger partial charge in [-0.3, -0.25) is 4.79 Å². The lowest BCUT2D eigenvalue weighted by atomic mass is 9.91. The molecule has 1 heterocycles. The summed E-state index contributed by atoms with van der Waals surface area (Å²) in [5.41, 5.74) is 1.45. The molecule has 1 aliphatic rings. The van der Waals surface area contributed by atoms with Crippen molar-refractivity contribution >= 4 is 5.91 Å². The fourth-order valence-corrected chi connectivity index (χ4v) is 2.80. The first-order valence-electron chi connectivity index (χ1n) is 7.72. The minimum Gasteiger partial charge on any atom is -0.355 e. The van der Waals surface area contributed by atoms with Crippen molar-refractivity contribution in [2.45, 2.75) is 32.6 Å². The number of nitrogens with zero attached hydrogens (tertiary/aromatic N) is 1. The van der Waals surface area contributed by atoms with E-state index in [2.05, 4.69) is 40.5 Å². The molecule has 3 heteroatoms. The summed E-state index contributed by atoms with van der Waals surface area (Å²) in [6.45, 7) is 7.85. The third kappa shape index (κ3) is 4.34. The molecule has 0 aromatic heterocycles. The van der Waals surface area contributed by atoms with E-state index in [9.17, 15) is 4.79 Å². The Labute approximate surface area is 122 Å². The summed E-state index contributed by atoms with van der Waals surface area (Å²) in [5.74, 6) is 0.876. The molecule has 1 aromatic rings. The SMILES string of the molecule is CC(C)C(=O)NCCN1CCCC(c2ccccc2)C1. The summed E-state index contributed by atoms with van der Waals surface area (Å²) >= 11 is 0. The second-order valence-electron chi connectivity index (χ2n) is 6.00. The third-order valence-electron chi connectivity index (χ3n) is 4.03. The summed E-state index contributed by atoms with van der Waals surface area (Å²) in [4.78, 5) is 14.0. The molecule has 1 aliphatic heterocycles. The molecule has 20 heavy (non-hydrogen) atoms. The lowest BCUT2D eigenvalue weighted by Crippen LogP contribution is -2.40. The summed E-state index contributed by atoms with van der Waals surface area (Å²) in [6.07, 6.45) is 2.52. The lowest BCUT2D eigenvalue weighted by Gasteiger charge is -2.33. The average Bonchev–Trinajstić information content (AvgIpc) is 2.48. The van der Waals surface area contributed by atoms with Crippen molar-refractivity contribution in [2.24, 2.45) is 5.92 Å². The molecule has 0 radical (unpaired) electrons. The Morgan fingerprint density at radius 3 is 2.80 bits per heavy atom. The van der Waals surface area contributed by atoms with Crippen molar-refractivity contribution in [3.05, 3.63) is 35.9 Å². The van der Waals surface area contributed by atoms with E-state index in [1.54, 1.807) is 0 Å². The largest absolute Gasteiger partial charge is 0.355 e. The van der Waals surface area contributed by atoms with Crippen LogP contribution in [-0.4, -0.2) is 37.0 Å². The van der Waals surface area contributed by atoms with Crippen molar-refractivity contribution < 1.29 is 4.79 Å². The molecule has 3 nitrogen and oxygen atoms in total. The highest BCUT2D eigenvalue weighted by atomic mass is 16.1. The van der Waals surface area contributed by atoms with Crippen LogP contribution in [-0.2, 0) is 4.79 Å². The van der Waals surface area contributed by atoms with Gasteiger partial charge >= 0.3 is 0 Å². The van der Waals surface area contributed by atoms with Gasteiger partial charge in [0, 0.05) is 25.6 Å². The molecule has 1 atom stereocenters. The van der Waals surface area contributed by atoms with Crippen LogP contribution in [0.1, 0.15) is 38.2 Å². The second kappa shape index (κ2) is 7.44. The van der Waals surface area contributed by atoms with Gasteiger partial charge in [-0.1, -0.05) is 44.2 Å². The number of piperidine rings is 1. The number of amides is 1. The number of benzene rings is 1. The first-order valence-corrected chi connectivity index (χ1v) is 7.72. The van der Waals surface area contributed by atoms with Crippen LogP contribution in [0.4, 0.5) is 0 Å². The van der Waals surface area contributed by atoms with Crippen LogP contribution in [0.2, 0.25) is 0 Å². The molecule has 1 aromatic carbocycles. The second-order valence-corrected chi connectivity index (χ2v) is 6.00. The predicted molar refractivity (Wildman–Crippen MR) is 82.7 cm³/mol. The van der Waals surface area contributed by atoms with Gasteiger partial charge in [0.1, 0.15) is 0 Å². The summed E-state index contributed by atoms with van der Waals surface area (Å²) < 4.78 is 0. The van der Waals surface area contributed by atoms with Crippen molar-refractivity contribution in [1.82, 2.24) is 10.2 Å². The van der Waals surface area contributed by atoms with Gasteiger partial charge in [0.2, 0.25) is 5.91 Å². The Balaban J connectivity index is 1.78. The van der Waals surface area contributed by atoms with E-state index in [1.807, 2.05) is 13.8 Å². The minimum atomic E-state index is 0.0772. The van der Waals surface area contributed by atoms with Crippen LogP contribution in [0.25, 0.3) is 0 Å². The predicted octanol–water partition coefficient (Wildman–Crippen LogP) is 2.64. The molecular weight excluding hydrogens is 248 g/mol. The van der Waals surface area contributed by atoms with Crippen LogP contribution in [0.15, 0.2) is 30.3 Å². The molecule has 2 rings (SSSR count). The van der Waals surface area contributed by atoms with E-state index in [1.165, 1.54) is 18.4 Å². The van der Waals surface area contributed by atoms with E-state index >= 15 is 0 Å². The number of rotatable bonds is 5. The molecule has 0 spiro atoms. The van der Waals surface area contributed by atoms with Crippen molar-refractivity contribution in [2.75, 3.05) is 26.2 Å². The standard InChI is InChI=1S/C17H26N2O/c1-14(2)17(20)18-10-12-19-11-6-9-16(13-19)15-7-4-3-5-8-15/h3-5,7-8,14,16H,6,9-13H2,1-2H3,(H,18,20). The van der Waals surface area contributed by atoms with Crippen LogP contribution in [0.5, 0.6) is 0 Å². The van der Waals surface area contributed by atoms with Gasteiger partial charge in [0.05, 0.1) is 0 Å². The summed E-state index contributed by atoms with van der Waals surface area (Å²) in [7, 11) is 0. The number of carbonyl (C=O) groups is 1. The summed E-state index contributed by atoms with van der Waals surface area (Å²) in [5, 5.41) is 3.00. The molecule has 1 N–H and O–H groups in total. The number of likely N-dealkylation sites (tertiary alicyclic amines) is 1. The lowest BCUT2D eigenvalue weighted by molar-refractivity contribution is -0.124. The fraction of sp³-hybridized carbons (Fsp3) is 0.588. The average molecular weight is 274 g/mol. The van der Waals surface area contributed by atoms with Gasteiger partial charge in [0.15, 0.2) is 0 Å². The Bertz CT molecular complexity index is 416. The van der Waals surface area contributed by atoms with Crippen molar-refractivity contribution in [3.63, 3.8) is 0 Å². The maximum Gasteiger partial charge on any atom is 0.222 e. The molecule has 0 bridgehead atoms. The van der Waals surface area contributed by atoms with E-state index in [-0.39, 0.29) is 11.8 Å². The van der Waals surface area contributed by atoms with Crippen LogP contribution >= 0.6 is 0 Å². The molecule has 1 saturated heterocycles. The fourth-order valence-electron chi connectivity index (χ4n) is 2.80. The normalized spacial score (nSPS) is 20.1. The first kappa shape index (κ1) is 15.0. The molecule has 1 unspecified atom stereocenters. The molecular formula is C17H26N2O.